The number of ketones is 6. The normalized spacial score (nSPS) is 45.4. The Morgan fingerprint density at radius 2 is 1.00 bits per heavy atom. The van der Waals surface area contributed by atoms with Gasteiger partial charge in [-0.3, -0.25) is 38.4 Å². The van der Waals surface area contributed by atoms with E-state index in [0.717, 1.165) is 38.5 Å². The highest BCUT2D eigenvalue weighted by Crippen LogP contribution is 2.68. The van der Waals surface area contributed by atoms with E-state index in [4.69, 9.17) is 16.7 Å². The molecule has 0 bridgehead atoms. The fraction of sp³-hybridized carbons (Fsp3) is 0.833. The van der Waals surface area contributed by atoms with E-state index in [0.29, 0.717) is 82.2 Å². The Morgan fingerprint density at radius 1 is 0.603 bits per heavy atom. The number of carbonyl (C=O) groups excluding carboxylic acids is 7. The number of rotatable bonds is 8. The lowest BCUT2D eigenvalue weighted by Gasteiger charge is -2.58. The van der Waals surface area contributed by atoms with E-state index in [1.165, 1.54) is 0 Å². The van der Waals surface area contributed by atoms with Crippen LogP contribution in [0.3, 0.4) is 0 Å². The van der Waals surface area contributed by atoms with Crippen molar-refractivity contribution in [3.05, 3.63) is 0 Å². The molecule has 0 saturated heterocycles. The van der Waals surface area contributed by atoms with Gasteiger partial charge in [0.25, 0.3) is 0 Å². The monoisotopic (exact) mass is 822 g/mol. The van der Waals surface area contributed by atoms with Crippen molar-refractivity contribution >= 4 is 57.5 Å². The van der Waals surface area contributed by atoms with Gasteiger partial charge in [0.05, 0.1) is 0 Å². The number of carbonyl (C=O) groups is 8. The highest BCUT2D eigenvalue weighted by atomic mass is 35.5. The minimum atomic E-state index is -0.792. The van der Waals surface area contributed by atoms with Gasteiger partial charge >= 0.3 is 5.97 Å². The Balaban J connectivity index is 0.000000177. The first kappa shape index (κ1) is 43.5. The number of halogens is 1. The van der Waals surface area contributed by atoms with E-state index in [-0.39, 0.29) is 117 Å². The molecule has 8 unspecified atom stereocenters. The second kappa shape index (κ2) is 15.7. The molecule has 0 radical (unpaired) electrons. The molecule has 8 saturated carbocycles. The van der Waals surface area contributed by atoms with Crippen molar-refractivity contribution in [1.29, 1.82) is 0 Å². The summed E-state index contributed by atoms with van der Waals surface area (Å²) in [5.74, 6) is 2.11. The highest BCUT2D eigenvalue weighted by molar-refractivity contribution is 6.63. The van der Waals surface area contributed by atoms with Crippen LogP contribution < -0.4 is 0 Å². The topological polar surface area (TPSA) is 157 Å². The summed E-state index contributed by atoms with van der Waals surface area (Å²) >= 11 is 5.56. The molecule has 0 aromatic carbocycles. The van der Waals surface area contributed by atoms with E-state index in [9.17, 15) is 38.4 Å². The molecule has 10 heteroatoms. The Bertz CT molecular complexity index is 1640. The van der Waals surface area contributed by atoms with Crippen molar-refractivity contribution in [3.63, 3.8) is 0 Å². The van der Waals surface area contributed by atoms with Gasteiger partial charge in [-0.25, -0.2) is 0 Å². The maximum atomic E-state index is 13.6. The van der Waals surface area contributed by atoms with Gasteiger partial charge in [-0.15, -0.1) is 0 Å². The highest BCUT2D eigenvalue weighted by Gasteiger charge is 2.68. The molecule has 9 nitrogen and oxygen atoms in total. The van der Waals surface area contributed by atoms with E-state index in [2.05, 4.69) is 41.5 Å². The van der Waals surface area contributed by atoms with Gasteiger partial charge in [0.15, 0.2) is 0 Å². The second-order valence-electron chi connectivity index (χ2n) is 21.7. The Morgan fingerprint density at radius 3 is 1.38 bits per heavy atom. The zero-order valence-corrected chi connectivity index (χ0v) is 36.5. The molecule has 1 N–H and O–H groups in total. The average Bonchev–Trinajstić information content (AvgIpc) is 3.70. The van der Waals surface area contributed by atoms with Crippen LogP contribution >= 0.6 is 11.6 Å². The van der Waals surface area contributed by atoms with Crippen LogP contribution in [0.2, 0.25) is 0 Å². The smallest absolute Gasteiger partial charge is 0.303 e. The summed E-state index contributed by atoms with van der Waals surface area (Å²) in [4.78, 5) is 100. The molecule has 58 heavy (non-hydrogen) atoms. The third kappa shape index (κ3) is 6.95. The van der Waals surface area contributed by atoms with Crippen LogP contribution in [0, 0.1) is 92.7 Å². The van der Waals surface area contributed by atoms with Gasteiger partial charge in [0, 0.05) is 86.9 Å². The lowest BCUT2D eigenvalue weighted by atomic mass is 9.44. The van der Waals surface area contributed by atoms with E-state index in [1.54, 1.807) is 0 Å². The van der Waals surface area contributed by atoms with Crippen molar-refractivity contribution in [2.24, 2.45) is 92.7 Å². The molecule has 16 atom stereocenters. The molecule has 0 aliphatic heterocycles. The predicted molar refractivity (Wildman–Crippen MR) is 217 cm³/mol. The van der Waals surface area contributed by atoms with Gasteiger partial charge in [-0.1, -0.05) is 41.5 Å². The molecular formula is C48H67ClO9. The Hall–Kier alpha value is -2.55. The predicted octanol–water partition coefficient (Wildman–Crippen LogP) is 8.83. The van der Waals surface area contributed by atoms with Crippen LogP contribution in [0.25, 0.3) is 0 Å². The third-order valence-electron chi connectivity index (χ3n) is 19.4. The van der Waals surface area contributed by atoms with Crippen LogP contribution in [0.1, 0.15) is 157 Å². The van der Waals surface area contributed by atoms with Crippen LogP contribution in [0.15, 0.2) is 0 Å². The van der Waals surface area contributed by atoms with Gasteiger partial charge in [0.2, 0.25) is 5.24 Å². The van der Waals surface area contributed by atoms with Crippen molar-refractivity contribution in [2.45, 2.75) is 157 Å². The fourth-order valence-corrected chi connectivity index (χ4v) is 16.0. The Labute approximate surface area is 349 Å². The maximum Gasteiger partial charge on any atom is 0.303 e. The van der Waals surface area contributed by atoms with Crippen molar-refractivity contribution < 1.29 is 43.5 Å². The van der Waals surface area contributed by atoms with Gasteiger partial charge in [0.1, 0.15) is 34.7 Å². The summed E-state index contributed by atoms with van der Waals surface area (Å²) in [7, 11) is 0. The summed E-state index contributed by atoms with van der Waals surface area (Å²) in [6.45, 7) is 12.8. The molecule has 8 aliphatic carbocycles. The van der Waals surface area contributed by atoms with Crippen LogP contribution in [0.5, 0.6) is 0 Å². The first-order valence-corrected chi connectivity index (χ1v) is 23.1. The average molecular weight is 824 g/mol. The number of carboxylic acid groups (broad SMARTS) is 1. The lowest BCUT2D eigenvalue weighted by Crippen LogP contribution is -2.60. The maximum absolute atomic E-state index is 13.6. The van der Waals surface area contributed by atoms with E-state index < -0.39 is 16.8 Å². The second-order valence-corrected chi connectivity index (χ2v) is 22.1. The molecule has 0 amide bonds. The minimum absolute atomic E-state index is 0.0426. The number of Topliss-reactive ketones (excluding diaryl/α,β-unsaturated/α-hetero) is 6. The molecule has 0 spiro atoms. The number of carboxylic acids is 1. The summed E-state index contributed by atoms with van der Waals surface area (Å²) in [6.07, 6.45) is 11.1. The molecule has 8 rings (SSSR count). The SMILES string of the molecule is C[C@H](CCC(=O)Cl)[C@H]1CCC2C3C(=O)CC4CC(=O)CC[C@]4(C)C3CC(=O)[C@@]21C.C[C@H](CCC(=O)O)[C@H]1CCC2C3C(=O)CC4CC(=O)CC[C@]4(C)C3CC(=O)[C@@]21C. The van der Waals surface area contributed by atoms with E-state index >= 15 is 0 Å². The fourth-order valence-electron chi connectivity index (χ4n) is 15.9. The molecule has 8 aliphatic rings. The number of hydrogen-bond acceptors (Lipinski definition) is 8. The van der Waals surface area contributed by atoms with Gasteiger partial charge in [-0.2, -0.15) is 0 Å². The summed E-state index contributed by atoms with van der Waals surface area (Å²) < 4.78 is 0. The molecule has 0 aromatic rings. The third-order valence-corrected chi connectivity index (χ3v) is 19.6. The number of hydrogen-bond donors (Lipinski definition) is 1. The standard InChI is InChI=1S/C24H33ClO4.C24H34O5/c1-13(4-7-21(25)29)16-5-6-17-22-18(12-20(28)24(16,17)3)23(2)9-8-15(26)10-14(23)11-19(22)27;1-13(4-7-21(28)29)16-5-6-17-22-18(12-20(27)24(16,17)3)23(2)9-8-15(25)10-14(23)11-19(22)26/h13-14,16-18,22H,4-12H2,1-3H3;13-14,16-18,22H,4-12H2,1-3H3,(H,28,29)/t2*13-,14?,16-,17?,18?,22?,23+,24-/m11/s1. The molecule has 0 heterocycles. The molecule has 320 valence electrons. The molecule has 8 fully saturated rings. The van der Waals surface area contributed by atoms with Gasteiger partial charge < -0.3 is 5.11 Å². The summed E-state index contributed by atoms with van der Waals surface area (Å²) in [5.41, 5.74) is -1.14. The van der Waals surface area contributed by atoms with Gasteiger partial charge in [-0.05, 0) is 133 Å². The largest absolute Gasteiger partial charge is 0.481 e. The zero-order chi connectivity index (χ0) is 42.3. The van der Waals surface area contributed by atoms with Crippen molar-refractivity contribution in [3.8, 4) is 0 Å². The van der Waals surface area contributed by atoms with Crippen molar-refractivity contribution in [1.82, 2.24) is 0 Å². The van der Waals surface area contributed by atoms with Crippen LogP contribution in [0.4, 0.5) is 0 Å². The molecule has 0 aromatic heterocycles. The zero-order valence-electron chi connectivity index (χ0n) is 35.7. The lowest BCUT2D eigenvalue weighted by molar-refractivity contribution is -0.168. The first-order valence-electron chi connectivity index (χ1n) is 22.7. The number of fused-ring (bicyclic) bond motifs is 10. The molecular weight excluding hydrogens is 756 g/mol. The van der Waals surface area contributed by atoms with Crippen molar-refractivity contribution in [2.75, 3.05) is 0 Å². The van der Waals surface area contributed by atoms with Crippen LogP contribution in [-0.4, -0.2) is 51.0 Å². The summed E-state index contributed by atoms with van der Waals surface area (Å²) in [5, 5.41) is 8.74. The minimum Gasteiger partial charge on any atom is -0.481 e. The number of aliphatic carboxylic acids is 1. The van der Waals surface area contributed by atoms with Crippen LogP contribution in [-0.2, 0) is 38.4 Å². The first-order chi connectivity index (χ1) is 27.2. The van der Waals surface area contributed by atoms with E-state index in [1.807, 2.05) is 0 Å². The quantitative estimate of drug-likeness (QED) is 0.236. The summed E-state index contributed by atoms with van der Waals surface area (Å²) in [6, 6.07) is 0. The Kier molecular flexibility index (Phi) is 11.8.